The molecule has 0 saturated carbocycles. The average molecular weight is 552 g/mol. The zero-order chi connectivity index (χ0) is 26.4. The summed E-state index contributed by atoms with van der Waals surface area (Å²) in [6.45, 7) is 13.4. The molecule has 200 valence electrons. The number of carbonyl (C=O) groups excluding carboxylic acids is 1. The number of rotatable bonds is 18. The summed E-state index contributed by atoms with van der Waals surface area (Å²) in [5.41, 5.74) is 4.73. The van der Waals surface area contributed by atoms with Crippen molar-refractivity contribution in [2.75, 3.05) is 14.2 Å². The quantitative estimate of drug-likeness (QED) is 0.135. The van der Waals surface area contributed by atoms with Gasteiger partial charge in [-0.25, -0.2) is 0 Å². The normalized spacial score (nSPS) is 13.7. The van der Waals surface area contributed by atoms with Gasteiger partial charge in [-0.15, -0.1) is 0 Å². The Morgan fingerprint density at radius 1 is 0.857 bits per heavy atom. The van der Waals surface area contributed by atoms with Crippen molar-refractivity contribution < 1.29 is 14.3 Å². The molecule has 0 bridgehead atoms. The van der Waals surface area contributed by atoms with Crippen LogP contribution in [0.15, 0.2) is 16.1 Å². The van der Waals surface area contributed by atoms with Gasteiger partial charge in [-0.2, -0.15) is 0 Å². The Morgan fingerprint density at radius 3 is 2.03 bits per heavy atom. The minimum Gasteiger partial charge on any atom is -0.496 e. The van der Waals surface area contributed by atoms with E-state index in [4.69, 9.17) is 9.47 Å². The van der Waals surface area contributed by atoms with Crippen molar-refractivity contribution in [1.29, 1.82) is 0 Å². The maximum Gasteiger partial charge on any atom is 0.142 e. The van der Waals surface area contributed by atoms with E-state index in [1.165, 1.54) is 61.6 Å². The average Bonchev–Trinajstić information content (AvgIpc) is 2.80. The van der Waals surface area contributed by atoms with E-state index in [-0.39, 0.29) is 0 Å². The smallest absolute Gasteiger partial charge is 0.142 e. The van der Waals surface area contributed by atoms with Crippen LogP contribution in [0.25, 0.3) is 0 Å². The van der Waals surface area contributed by atoms with E-state index >= 15 is 0 Å². The van der Waals surface area contributed by atoms with E-state index in [2.05, 4.69) is 57.5 Å². The summed E-state index contributed by atoms with van der Waals surface area (Å²) >= 11 is 3.70. The second-order valence-electron chi connectivity index (χ2n) is 10.9. The van der Waals surface area contributed by atoms with Crippen molar-refractivity contribution in [2.24, 2.45) is 17.8 Å². The molecular formula is C31H51BrO3. The Hall–Kier alpha value is -1.29. The van der Waals surface area contributed by atoms with E-state index in [9.17, 15) is 4.79 Å². The van der Waals surface area contributed by atoms with Gasteiger partial charge in [0.05, 0.1) is 18.7 Å². The zero-order valence-electron chi connectivity index (χ0n) is 23.8. The molecule has 35 heavy (non-hydrogen) atoms. The lowest BCUT2D eigenvalue weighted by molar-refractivity contribution is -0.104. The third kappa shape index (κ3) is 11.1. The van der Waals surface area contributed by atoms with Crippen molar-refractivity contribution in [3.63, 3.8) is 0 Å². The summed E-state index contributed by atoms with van der Waals surface area (Å²) in [5, 5.41) is 0. The van der Waals surface area contributed by atoms with Gasteiger partial charge in [0.15, 0.2) is 0 Å². The van der Waals surface area contributed by atoms with Crippen LogP contribution in [0.5, 0.6) is 11.5 Å². The highest BCUT2D eigenvalue weighted by Gasteiger charge is 2.21. The Kier molecular flexibility index (Phi) is 15.6. The molecule has 2 atom stereocenters. The fourth-order valence-electron chi connectivity index (χ4n) is 5.21. The van der Waals surface area contributed by atoms with Gasteiger partial charge in [0, 0.05) is 11.1 Å². The van der Waals surface area contributed by atoms with Gasteiger partial charge in [0.1, 0.15) is 17.8 Å². The van der Waals surface area contributed by atoms with Crippen molar-refractivity contribution in [3.05, 3.63) is 32.8 Å². The molecule has 0 aliphatic carbocycles. The molecule has 3 nitrogen and oxygen atoms in total. The molecule has 0 aliphatic rings. The van der Waals surface area contributed by atoms with Crippen LogP contribution in [0.2, 0.25) is 0 Å². The molecule has 1 rings (SSSR count). The molecule has 0 saturated heterocycles. The van der Waals surface area contributed by atoms with Crippen LogP contribution < -0.4 is 9.47 Å². The largest absolute Gasteiger partial charge is 0.496 e. The monoisotopic (exact) mass is 550 g/mol. The number of halogens is 1. The molecule has 0 aliphatic heterocycles. The Balaban J connectivity index is 2.85. The number of hydrogen-bond acceptors (Lipinski definition) is 3. The summed E-state index contributed by atoms with van der Waals surface area (Å²) in [7, 11) is 3.51. The maximum atomic E-state index is 10.8. The molecular weight excluding hydrogens is 500 g/mol. The lowest BCUT2D eigenvalue weighted by Gasteiger charge is -2.22. The molecule has 0 radical (unpaired) electrons. The van der Waals surface area contributed by atoms with Crippen molar-refractivity contribution in [3.8, 4) is 11.5 Å². The summed E-state index contributed by atoms with van der Waals surface area (Å²) in [6.07, 6.45) is 16.1. The number of benzene rings is 1. The minimum absolute atomic E-state index is 0.681. The predicted octanol–water partition coefficient (Wildman–Crippen LogP) is 9.58. The number of hydrogen-bond donors (Lipinski definition) is 0. The predicted molar refractivity (Wildman–Crippen MR) is 154 cm³/mol. The fraction of sp³-hybridized carbons (Fsp3) is 0.710. The summed E-state index contributed by atoms with van der Waals surface area (Å²) in [4.78, 5) is 10.8. The van der Waals surface area contributed by atoms with Crippen LogP contribution in [0.3, 0.4) is 0 Å². The van der Waals surface area contributed by atoms with Crippen LogP contribution in [0, 0.1) is 31.6 Å². The summed E-state index contributed by atoms with van der Waals surface area (Å²) in [5.74, 6) is 4.20. The van der Waals surface area contributed by atoms with Crippen molar-refractivity contribution >= 4 is 22.2 Å². The first-order valence-electron chi connectivity index (χ1n) is 13.7. The standard InChI is InChI=1S/C31H51BrO3/c1-22(2)12-9-13-23(3)14-10-16-27(17-11-15-24(4)20-21-33)18-19-28-25(5)31(35-8)29(32)26(6)30(28)34-7/h20-23,27H,9-19H2,1-8H3/b24-20+. The van der Waals surface area contributed by atoms with Gasteiger partial charge < -0.3 is 9.47 Å². The molecule has 0 N–H and O–H groups in total. The van der Waals surface area contributed by atoms with E-state index in [1.807, 2.05) is 0 Å². The van der Waals surface area contributed by atoms with E-state index in [1.54, 1.807) is 20.3 Å². The highest BCUT2D eigenvalue weighted by molar-refractivity contribution is 9.10. The molecule has 1 aromatic rings. The SMILES string of the molecule is COc1c(C)c(CCC(CCC/C(C)=C/C=O)CCCC(C)CCCC(C)C)c(OC)c(C)c1Br. The van der Waals surface area contributed by atoms with Crippen LogP contribution in [-0.4, -0.2) is 20.5 Å². The molecule has 0 heterocycles. The van der Waals surface area contributed by atoms with Crippen molar-refractivity contribution in [1.82, 2.24) is 0 Å². The van der Waals surface area contributed by atoms with Crippen LogP contribution >= 0.6 is 15.9 Å². The Morgan fingerprint density at radius 2 is 1.46 bits per heavy atom. The van der Waals surface area contributed by atoms with Crippen molar-refractivity contribution in [2.45, 2.75) is 112 Å². The van der Waals surface area contributed by atoms with Crippen LogP contribution in [0.1, 0.15) is 109 Å². The van der Waals surface area contributed by atoms with E-state index in [0.29, 0.717) is 5.92 Å². The molecule has 0 aromatic heterocycles. The van der Waals surface area contributed by atoms with Gasteiger partial charge >= 0.3 is 0 Å². The van der Waals surface area contributed by atoms with Gasteiger partial charge in [-0.05, 0) is 91.8 Å². The van der Waals surface area contributed by atoms with Crippen LogP contribution in [-0.2, 0) is 11.2 Å². The molecule has 0 spiro atoms. The fourth-order valence-corrected chi connectivity index (χ4v) is 5.85. The number of allylic oxidation sites excluding steroid dienone is 2. The number of methoxy groups -OCH3 is 2. The lowest BCUT2D eigenvalue weighted by Crippen LogP contribution is -2.08. The van der Waals surface area contributed by atoms with E-state index in [0.717, 1.165) is 65.3 Å². The first kappa shape index (κ1) is 31.7. The zero-order valence-corrected chi connectivity index (χ0v) is 25.4. The second-order valence-corrected chi connectivity index (χ2v) is 11.7. The Labute approximate surface area is 224 Å². The van der Waals surface area contributed by atoms with E-state index < -0.39 is 0 Å². The van der Waals surface area contributed by atoms with Gasteiger partial charge in [-0.1, -0.05) is 71.3 Å². The first-order valence-corrected chi connectivity index (χ1v) is 14.5. The topological polar surface area (TPSA) is 35.5 Å². The molecule has 2 unspecified atom stereocenters. The number of aldehydes is 1. The van der Waals surface area contributed by atoms with Crippen LogP contribution in [0.4, 0.5) is 0 Å². The maximum absolute atomic E-state index is 10.8. The summed E-state index contributed by atoms with van der Waals surface area (Å²) < 4.78 is 12.6. The minimum atomic E-state index is 0.681. The first-order chi connectivity index (χ1) is 16.7. The third-order valence-electron chi connectivity index (χ3n) is 7.47. The van der Waals surface area contributed by atoms with Gasteiger partial charge in [0.25, 0.3) is 0 Å². The number of ether oxygens (including phenoxy) is 2. The molecule has 0 amide bonds. The molecule has 0 fully saturated rings. The van der Waals surface area contributed by atoms with Gasteiger partial charge in [-0.3, -0.25) is 4.79 Å². The summed E-state index contributed by atoms with van der Waals surface area (Å²) in [6, 6.07) is 0. The Bertz CT molecular complexity index is 797. The van der Waals surface area contributed by atoms with Gasteiger partial charge in [0.2, 0.25) is 0 Å². The highest BCUT2D eigenvalue weighted by atomic mass is 79.9. The second kappa shape index (κ2) is 17.2. The number of carbonyl (C=O) groups is 1. The third-order valence-corrected chi connectivity index (χ3v) is 8.43. The molecule has 4 heteroatoms. The lowest BCUT2D eigenvalue weighted by atomic mass is 9.86. The highest BCUT2D eigenvalue weighted by Crippen LogP contribution is 2.42. The molecule has 1 aromatic carbocycles.